The first kappa shape index (κ1) is 13.6. The molecular formula is C13H11Cl2N3O. The van der Waals surface area contributed by atoms with Crippen molar-refractivity contribution in [1.82, 2.24) is 4.98 Å². The summed E-state index contributed by atoms with van der Waals surface area (Å²) in [5.41, 5.74) is 6.71. The predicted octanol–water partition coefficient (Wildman–Crippen LogP) is 3.25. The fourth-order valence-corrected chi connectivity index (χ4v) is 1.99. The summed E-state index contributed by atoms with van der Waals surface area (Å²) in [6, 6.07) is 8.87. The summed E-state index contributed by atoms with van der Waals surface area (Å²) in [6.45, 7) is 0.286. The van der Waals surface area contributed by atoms with Crippen molar-refractivity contribution in [2.24, 2.45) is 5.73 Å². The standard InChI is InChI=1S/C13H11Cl2N3O/c14-9-3-1-2-8(6-9)7-19-13-11(15)10(12(16)17)4-5-18-13/h1-6H,7H2,(H3,16,17). The first-order valence-electron chi connectivity index (χ1n) is 5.44. The topological polar surface area (TPSA) is 72.0 Å². The number of hydrogen-bond donors (Lipinski definition) is 2. The van der Waals surface area contributed by atoms with E-state index in [0.29, 0.717) is 10.6 Å². The summed E-state index contributed by atoms with van der Waals surface area (Å²) in [5, 5.41) is 8.26. The number of pyridine rings is 1. The Labute approximate surface area is 120 Å². The summed E-state index contributed by atoms with van der Waals surface area (Å²) in [6.07, 6.45) is 1.50. The molecule has 1 heterocycles. The number of nitrogens with zero attached hydrogens (tertiary/aromatic N) is 1. The highest BCUT2D eigenvalue weighted by Gasteiger charge is 2.11. The van der Waals surface area contributed by atoms with Gasteiger partial charge in [0.25, 0.3) is 0 Å². The van der Waals surface area contributed by atoms with E-state index in [0.717, 1.165) is 5.56 Å². The second-order valence-electron chi connectivity index (χ2n) is 3.81. The minimum atomic E-state index is -0.125. The molecule has 2 rings (SSSR count). The molecule has 3 N–H and O–H groups in total. The van der Waals surface area contributed by atoms with Gasteiger partial charge < -0.3 is 10.5 Å². The fraction of sp³-hybridized carbons (Fsp3) is 0.0769. The van der Waals surface area contributed by atoms with E-state index >= 15 is 0 Å². The number of amidine groups is 1. The minimum absolute atomic E-state index is 0.125. The van der Waals surface area contributed by atoms with Crippen molar-refractivity contribution in [3.63, 3.8) is 0 Å². The molecule has 19 heavy (non-hydrogen) atoms. The fourth-order valence-electron chi connectivity index (χ4n) is 1.51. The molecule has 0 atom stereocenters. The van der Waals surface area contributed by atoms with Gasteiger partial charge in [-0.05, 0) is 23.8 Å². The van der Waals surface area contributed by atoms with E-state index in [1.54, 1.807) is 18.2 Å². The third-order valence-electron chi connectivity index (χ3n) is 2.41. The molecule has 0 aliphatic heterocycles. The number of nitrogen functional groups attached to an aromatic ring is 1. The number of nitrogens with two attached hydrogens (primary N) is 1. The first-order valence-corrected chi connectivity index (χ1v) is 6.19. The van der Waals surface area contributed by atoms with Gasteiger partial charge in [-0.15, -0.1) is 0 Å². The Balaban J connectivity index is 2.16. The van der Waals surface area contributed by atoms with Crippen molar-refractivity contribution in [2.45, 2.75) is 6.61 Å². The zero-order valence-corrected chi connectivity index (χ0v) is 11.4. The van der Waals surface area contributed by atoms with Crippen molar-refractivity contribution < 1.29 is 4.74 Å². The van der Waals surface area contributed by atoms with Gasteiger partial charge in [0.2, 0.25) is 5.88 Å². The van der Waals surface area contributed by atoms with Crippen molar-refractivity contribution in [3.8, 4) is 5.88 Å². The third-order valence-corrected chi connectivity index (χ3v) is 3.01. The van der Waals surface area contributed by atoms with Crippen LogP contribution in [0.4, 0.5) is 0 Å². The van der Waals surface area contributed by atoms with Gasteiger partial charge in [-0.2, -0.15) is 0 Å². The van der Waals surface area contributed by atoms with Crippen LogP contribution in [0, 0.1) is 5.41 Å². The monoisotopic (exact) mass is 295 g/mol. The van der Waals surface area contributed by atoms with Crippen LogP contribution in [0.25, 0.3) is 0 Å². The van der Waals surface area contributed by atoms with Crippen LogP contribution in [0.15, 0.2) is 36.5 Å². The molecular weight excluding hydrogens is 285 g/mol. The smallest absolute Gasteiger partial charge is 0.233 e. The number of aromatic nitrogens is 1. The lowest BCUT2D eigenvalue weighted by Gasteiger charge is -2.09. The Morgan fingerprint density at radius 3 is 2.79 bits per heavy atom. The van der Waals surface area contributed by atoms with Crippen LogP contribution in [0.2, 0.25) is 10.0 Å². The molecule has 2 aromatic rings. The van der Waals surface area contributed by atoms with Crippen LogP contribution in [0.5, 0.6) is 5.88 Å². The van der Waals surface area contributed by atoms with Crippen LogP contribution in [0.3, 0.4) is 0 Å². The van der Waals surface area contributed by atoms with Gasteiger partial charge >= 0.3 is 0 Å². The van der Waals surface area contributed by atoms with Gasteiger partial charge in [-0.3, -0.25) is 5.41 Å². The average Bonchev–Trinajstić information content (AvgIpc) is 2.37. The van der Waals surface area contributed by atoms with Gasteiger partial charge in [0.15, 0.2) is 0 Å². The zero-order chi connectivity index (χ0) is 13.8. The highest BCUT2D eigenvalue weighted by Crippen LogP contribution is 2.26. The molecule has 0 aliphatic rings. The molecule has 0 saturated heterocycles. The van der Waals surface area contributed by atoms with E-state index in [9.17, 15) is 0 Å². The van der Waals surface area contributed by atoms with Crippen LogP contribution in [-0.4, -0.2) is 10.8 Å². The SMILES string of the molecule is N=C(N)c1ccnc(OCc2cccc(Cl)c2)c1Cl. The van der Waals surface area contributed by atoms with Gasteiger partial charge in [0.1, 0.15) is 17.5 Å². The van der Waals surface area contributed by atoms with Crippen LogP contribution >= 0.6 is 23.2 Å². The van der Waals surface area contributed by atoms with Gasteiger partial charge in [-0.1, -0.05) is 35.3 Å². The third kappa shape index (κ3) is 3.36. The molecule has 0 saturated carbocycles. The predicted molar refractivity (Wildman–Crippen MR) is 76.0 cm³/mol. The second-order valence-corrected chi connectivity index (χ2v) is 4.62. The maximum absolute atomic E-state index is 7.39. The largest absolute Gasteiger partial charge is 0.472 e. The van der Waals surface area contributed by atoms with E-state index in [4.69, 9.17) is 39.1 Å². The van der Waals surface area contributed by atoms with Gasteiger partial charge in [0.05, 0.1) is 0 Å². The van der Waals surface area contributed by atoms with E-state index < -0.39 is 0 Å². The number of benzene rings is 1. The Bertz CT molecular complexity index is 617. The molecule has 0 amide bonds. The molecule has 0 fully saturated rings. The molecule has 1 aromatic heterocycles. The minimum Gasteiger partial charge on any atom is -0.472 e. The van der Waals surface area contributed by atoms with Gasteiger partial charge in [-0.25, -0.2) is 4.98 Å². The number of rotatable bonds is 4. The molecule has 98 valence electrons. The summed E-state index contributed by atoms with van der Waals surface area (Å²) >= 11 is 11.9. The summed E-state index contributed by atoms with van der Waals surface area (Å²) in [7, 11) is 0. The Morgan fingerprint density at radius 2 is 2.11 bits per heavy atom. The number of halogens is 2. The normalized spacial score (nSPS) is 10.2. The Morgan fingerprint density at radius 1 is 1.32 bits per heavy atom. The number of nitrogens with one attached hydrogen (secondary N) is 1. The van der Waals surface area contributed by atoms with E-state index in [1.807, 2.05) is 12.1 Å². The maximum atomic E-state index is 7.39. The lowest BCUT2D eigenvalue weighted by atomic mass is 10.2. The number of ether oxygens (including phenoxy) is 1. The molecule has 0 aliphatic carbocycles. The molecule has 0 bridgehead atoms. The average molecular weight is 296 g/mol. The molecule has 0 spiro atoms. The lowest BCUT2D eigenvalue weighted by molar-refractivity contribution is 0.294. The highest BCUT2D eigenvalue weighted by molar-refractivity contribution is 6.35. The quantitative estimate of drug-likeness (QED) is 0.672. The molecule has 6 heteroatoms. The molecule has 4 nitrogen and oxygen atoms in total. The first-order chi connectivity index (χ1) is 9.08. The van der Waals surface area contributed by atoms with Crippen LogP contribution in [-0.2, 0) is 6.61 Å². The second kappa shape index (κ2) is 5.91. The number of hydrogen-bond acceptors (Lipinski definition) is 3. The molecule has 0 radical (unpaired) electrons. The molecule has 1 aromatic carbocycles. The summed E-state index contributed by atoms with van der Waals surface area (Å²) in [4.78, 5) is 4.02. The van der Waals surface area contributed by atoms with Crippen molar-refractivity contribution in [3.05, 3.63) is 57.7 Å². The van der Waals surface area contributed by atoms with Crippen molar-refractivity contribution >= 4 is 29.0 Å². The lowest BCUT2D eigenvalue weighted by Crippen LogP contribution is -2.12. The van der Waals surface area contributed by atoms with E-state index in [2.05, 4.69) is 4.98 Å². The summed E-state index contributed by atoms with van der Waals surface area (Å²) in [5.74, 6) is 0.120. The Kier molecular flexibility index (Phi) is 4.24. The maximum Gasteiger partial charge on any atom is 0.233 e. The zero-order valence-electron chi connectivity index (χ0n) is 9.86. The van der Waals surface area contributed by atoms with E-state index in [-0.39, 0.29) is 23.3 Å². The van der Waals surface area contributed by atoms with Crippen LogP contribution in [0.1, 0.15) is 11.1 Å². The van der Waals surface area contributed by atoms with E-state index in [1.165, 1.54) is 6.20 Å². The highest BCUT2D eigenvalue weighted by atomic mass is 35.5. The summed E-state index contributed by atoms with van der Waals surface area (Å²) < 4.78 is 5.51. The molecule has 0 unspecified atom stereocenters. The van der Waals surface area contributed by atoms with Gasteiger partial charge in [0, 0.05) is 16.8 Å². The Hall–Kier alpha value is -1.78. The van der Waals surface area contributed by atoms with Crippen LogP contribution < -0.4 is 10.5 Å². The van der Waals surface area contributed by atoms with Crippen molar-refractivity contribution in [2.75, 3.05) is 0 Å². The van der Waals surface area contributed by atoms with Crippen molar-refractivity contribution in [1.29, 1.82) is 5.41 Å².